The van der Waals surface area contributed by atoms with Crippen LogP contribution in [0.1, 0.15) is 47.0 Å². The minimum atomic E-state index is -0.0608. The van der Waals surface area contributed by atoms with Crippen molar-refractivity contribution < 1.29 is 4.74 Å². The normalized spacial score (nSPS) is 31.0. The van der Waals surface area contributed by atoms with E-state index in [0.29, 0.717) is 5.92 Å². The van der Waals surface area contributed by atoms with E-state index < -0.39 is 0 Å². The van der Waals surface area contributed by atoms with Crippen LogP contribution in [0.4, 0.5) is 0 Å². The second-order valence-corrected chi connectivity index (χ2v) is 5.48. The number of hydrogen-bond donors (Lipinski definition) is 0. The van der Waals surface area contributed by atoms with Crippen LogP contribution in [0, 0.1) is 5.92 Å². The molecule has 0 N–H and O–H groups in total. The maximum Gasteiger partial charge on any atom is 0.109 e. The van der Waals surface area contributed by atoms with Gasteiger partial charge in [0, 0.05) is 5.92 Å². The van der Waals surface area contributed by atoms with E-state index in [4.69, 9.17) is 4.74 Å². The topological polar surface area (TPSA) is 9.23 Å². The highest BCUT2D eigenvalue weighted by atomic mass is 16.5. The first-order valence-electron chi connectivity index (χ1n) is 6.22. The molecule has 16 heavy (non-hydrogen) atoms. The quantitative estimate of drug-likeness (QED) is 0.635. The number of hydrogen-bond acceptors (Lipinski definition) is 1. The Morgan fingerprint density at radius 2 is 2.06 bits per heavy atom. The Kier molecular flexibility index (Phi) is 2.96. The lowest BCUT2D eigenvalue weighted by Crippen LogP contribution is -2.35. The van der Waals surface area contributed by atoms with Crippen LogP contribution >= 0.6 is 0 Å². The first-order chi connectivity index (χ1) is 7.49. The highest BCUT2D eigenvalue weighted by molar-refractivity contribution is 5.35. The molecule has 0 spiro atoms. The number of allylic oxidation sites excluding steroid dienone is 5. The molecular formula is C15H22O. The van der Waals surface area contributed by atoms with E-state index in [1.54, 1.807) is 0 Å². The van der Waals surface area contributed by atoms with Crippen LogP contribution in [0.25, 0.3) is 0 Å². The summed E-state index contributed by atoms with van der Waals surface area (Å²) in [5.41, 5.74) is 2.92. The fraction of sp³-hybridized carbons (Fsp3) is 0.600. The lowest BCUT2D eigenvalue weighted by Gasteiger charge is -2.37. The highest BCUT2D eigenvalue weighted by Crippen LogP contribution is 2.36. The average Bonchev–Trinajstić information content (AvgIpc) is 2.56. The third-order valence-electron chi connectivity index (χ3n) is 3.75. The molecule has 0 aromatic carbocycles. The molecule has 2 aliphatic rings. The van der Waals surface area contributed by atoms with Crippen molar-refractivity contribution in [3.63, 3.8) is 0 Å². The Bertz CT molecular complexity index is 369. The standard InChI is InChI=1S/C15H22O/c1-11-6-5-7-13(11)10-14-9-8-12(2)16-15(14,3)4/h6,8,10,14H,5,7,9H2,1-4H3. The molecule has 1 unspecified atom stereocenters. The second-order valence-electron chi connectivity index (χ2n) is 5.48. The molecular weight excluding hydrogens is 196 g/mol. The van der Waals surface area contributed by atoms with Gasteiger partial charge in [-0.05, 0) is 58.6 Å². The van der Waals surface area contributed by atoms with Gasteiger partial charge in [0.2, 0.25) is 0 Å². The first kappa shape index (κ1) is 11.5. The Hall–Kier alpha value is -0.980. The van der Waals surface area contributed by atoms with Crippen LogP contribution in [0.15, 0.2) is 35.1 Å². The fourth-order valence-electron chi connectivity index (χ4n) is 2.61. The molecule has 0 fully saturated rings. The molecule has 2 rings (SSSR count). The Balaban J connectivity index is 2.19. The Morgan fingerprint density at radius 1 is 1.31 bits per heavy atom. The zero-order valence-corrected chi connectivity index (χ0v) is 10.8. The monoisotopic (exact) mass is 218 g/mol. The molecule has 0 radical (unpaired) electrons. The molecule has 0 aromatic rings. The first-order valence-corrected chi connectivity index (χ1v) is 6.22. The van der Waals surface area contributed by atoms with Crippen LogP contribution in [0.5, 0.6) is 0 Å². The maximum absolute atomic E-state index is 5.93. The third kappa shape index (κ3) is 2.23. The van der Waals surface area contributed by atoms with Gasteiger partial charge < -0.3 is 4.74 Å². The second kappa shape index (κ2) is 4.12. The van der Waals surface area contributed by atoms with Gasteiger partial charge in [-0.2, -0.15) is 0 Å². The van der Waals surface area contributed by atoms with Crippen LogP contribution in [-0.2, 0) is 4.74 Å². The van der Waals surface area contributed by atoms with E-state index in [0.717, 1.165) is 12.2 Å². The lowest BCUT2D eigenvalue weighted by atomic mass is 9.83. The number of rotatable bonds is 1. The zero-order valence-electron chi connectivity index (χ0n) is 10.8. The van der Waals surface area contributed by atoms with Crippen molar-refractivity contribution in [1.82, 2.24) is 0 Å². The molecule has 1 nitrogen and oxygen atoms in total. The van der Waals surface area contributed by atoms with Gasteiger partial charge in [-0.1, -0.05) is 17.7 Å². The fourth-order valence-corrected chi connectivity index (χ4v) is 2.61. The summed E-state index contributed by atoms with van der Waals surface area (Å²) in [7, 11) is 0. The van der Waals surface area contributed by atoms with E-state index in [1.165, 1.54) is 24.0 Å². The van der Waals surface area contributed by atoms with Crippen molar-refractivity contribution in [1.29, 1.82) is 0 Å². The Morgan fingerprint density at radius 3 is 2.62 bits per heavy atom. The van der Waals surface area contributed by atoms with Gasteiger partial charge in [0.1, 0.15) is 5.60 Å². The summed E-state index contributed by atoms with van der Waals surface area (Å²) < 4.78 is 5.93. The van der Waals surface area contributed by atoms with Crippen molar-refractivity contribution in [3.8, 4) is 0 Å². The number of ether oxygens (including phenoxy) is 1. The molecule has 0 bridgehead atoms. The molecule has 0 amide bonds. The SMILES string of the molecule is CC1=CCC(C=C2CCC=C2C)C(C)(C)O1. The summed E-state index contributed by atoms with van der Waals surface area (Å²) in [5, 5.41) is 0. The molecule has 0 aromatic heterocycles. The molecule has 1 aliphatic heterocycles. The lowest BCUT2D eigenvalue weighted by molar-refractivity contribution is -0.0123. The molecule has 1 atom stereocenters. The summed E-state index contributed by atoms with van der Waals surface area (Å²) in [6, 6.07) is 0. The van der Waals surface area contributed by atoms with E-state index >= 15 is 0 Å². The zero-order chi connectivity index (χ0) is 11.8. The minimum absolute atomic E-state index is 0.0608. The molecule has 1 heterocycles. The molecule has 0 saturated heterocycles. The van der Waals surface area contributed by atoms with Gasteiger partial charge in [-0.25, -0.2) is 0 Å². The van der Waals surface area contributed by atoms with Gasteiger partial charge in [0.15, 0.2) is 0 Å². The highest BCUT2D eigenvalue weighted by Gasteiger charge is 2.32. The summed E-state index contributed by atoms with van der Waals surface area (Å²) in [6.07, 6.45) is 10.5. The predicted octanol–water partition coefficient (Wildman–Crippen LogP) is 4.37. The molecule has 1 aliphatic carbocycles. The van der Waals surface area contributed by atoms with E-state index in [1.807, 2.05) is 6.92 Å². The molecule has 1 heteroatoms. The van der Waals surface area contributed by atoms with Crippen molar-refractivity contribution >= 4 is 0 Å². The van der Waals surface area contributed by atoms with Gasteiger partial charge in [-0.3, -0.25) is 0 Å². The minimum Gasteiger partial charge on any atom is -0.492 e. The van der Waals surface area contributed by atoms with Gasteiger partial charge in [-0.15, -0.1) is 0 Å². The third-order valence-corrected chi connectivity index (χ3v) is 3.75. The van der Waals surface area contributed by atoms with Crippen LogP contribution in [0.3, 0.4) is 0 Å². The van der Waals surface area contributed by atoms with Crippen molar-refractivity contribution in [2.24, 2.45) is 5.92 Å². The Labute approximate surface area is 98.9 Å². The molecule has 88 valence electrons. The van der Waals surface area contributed by atoms with E-state index in [2.05, 4.69) is 39.0 Å². The van der Waals surface area contributed by atoms with E-state index in [-0.39, 0.29) is 5.60 Å². The van der Waals surface area contributed by atoms with Gasteiger partial charge in [0.05, 0.1) is 5.76 Å². The van der Waals surface area contributed by atoms with Gasteiger partial charge >= 0.3 is 0 Å². The smallest absolute Gasteiger partial charge is 0.109 e. The summed E-state index contributed by atoms with van der Waals surface area (Å²) in [4.78, 5) is 0. The largest absolute Gasteiger partial charge is 0.492 e. The summed E-state index contributed by atoms with van der Waals surface area (Å²) in [6.45, 7) is 8.65. The maximum atomic E-state index is 5.93. The van der Waals surface area contributed by atoms with Gasteiger partial charge in [0.25, 0.3) is 0 Å². The van der Waals surface area contributed by atoms with Crippen molar-refractivity contribution in [3.05, 3.63) is 35.1 Å². The summed E-state index contributed by atoms with van der Waals surface area (Å²) in [5.74, 6) is 1.57. The van der Waals surface area contributed by atoms with Crippen LogP contribution in [-0.4, -0.2) is 5.60 Å². The van der Waals surface area contributed by atoms with Crippen LogP contribution in [0.2, 0.25) is 0 Å². The van der Waals surface area contributed by atoms with Crippen LogP contribution < -0.4 is 0 Å². The predicted molar refractivity (Wildman–Crippen MR) is 68.1 cm³/mol. The van der Waals surface area contributed by atoms with Crippen molar-refractivity contribution in [2.45, 2.75) is 52.6 Å². The molecule has 0 saturated carbocycles. The average molecular weight is 218 g/mol. The van der Waals surface area contributed by atoms with Crippen molar-refractivity contribution in [2.75, 3.05) is 0 Å². The summed E-state index contributed by atoms with van der Waals surface area (Å²) >= 11 is 0. The van der Waals surface area contributed by atoms with E-state index in [9.17, 15) is 0 Å².